The molecule has 200 valence electrons. The van der Waals surface area contributed by atoms with E-state index in [0.29, 0.717) is 39.4 Å². The molecule has 5 rings (SSSR count). The number of benzene rings is 2. The molecule has 0 bridgehead atoms. The van der Waals surface area contributed by atoms with Crippen molar-refractivity contribution in [2.45, 2.75) is 26.6 Å². The maximum Gasteiger partial charge on any atom is 0.433 e. The summed E-state index contributed by atoms with van der Waals surface area (Å²) in [6, 6.07) is 14.5. The Balaban J connectivity index is 1.48. The van der Waals surface area contributed by atoms with Crippen LogP contribution in [0.2, 0.25) is 0 Å². The van der Waals surface area contributed by atoms with Gasteiger partial charge in [-0.15, -0.1) is 0 Å². The molecule has 12 heteroatoms. The zero-order valence-electron chi connectivity index (χ0n) is 21.0. The summed E-state index contributed by atoms with van der Waals surface area (Å²) < 4.78 is 62.6. The van der Waals surface area contributed by atoms with Crippen molar-refractivity contribution in [3.05, 3.63) is 94.8 Å². The molecule has 0 unspecified atom stereocenters. The molecule has 0 saturated carbocycles. The predicted octanol–water partition coefficient (Wildman–Crippen LogP) is 5.68. The minimum absolute atomic E-state index is 0.0503. The highest BCUT2D eigenvalue weighted by Crippen LogP contribution is 2.33. The van der Waals surface area contributed by atoms with E-state index in [2.05, 4.69) is 20.5 Å². The van der Waals surface area contributed by atoms with Gasteiger partial charge in [-0.25, -0.2) is 13.9 Å². The van der Waals surface area contributed by atoms with Gasteiger partial charge in [0.05, 0.1) is 36.4 Å². The van der Waals surface area contributed by atoms with Gasteiger partial charge in [-0.05, 0) is 49.7 Å². The van der Waals surface area contributed by atoms with Crippen LogP contribution in [-0.4, -0.2) is 37.4 Å². The molecule has 0 spiro atoms. The Kier molecular flexibility index (Phi) is 6.54. The number of amides is 1. The van der Waals surface area contributed by atoms with Crippen molar-refractivity contribution in [3.63, 3.8) is 0 Å². The van der Waals surface area contributed by atoms with Gasteiger partial charge in [-0.3, -0.25) is 9.48 Å². The first-order valence-corrected chi connectivity index (χ1v) is 11.8. The van der Waals surface area contributed by atoms with Crippen molar-refractivity contribution in [3.8, 4) is 17.0 Å². The van der Waals surface area contributed by atoms with Crippen molar-refractivity contribution >= 4 is 17.2 Å². The summed E-state index contributed by atoms with van der Waals surface area (Å²) >= 11 is 0. The molecule has 8 nitrogen and oxygen atoms in total. The van der Waals surface area contributed by atoms with E-state index in [1.54, 1.807) is 54.9 Å². The van der Waals surface area contributed by atoms with Crippen LogP contribution in [-0.2, 0) is 12.7 Å². The molecule has 0 radical (unpaired) electrons. The second-order valence-electron chi connectivity index (χ2n) is 8.84. The van der Waals surface area contributed by atoms with Gasteiger partial charge in [0.15, 0.2) is 17.0 Å². The zero-order valence-corrected chi connectivity index (χ0v) is 21.0. The Morgan fingerprint density at radius 2 is 1.77 bits per heavy atom. The van der Waals surface area contributed by atoms with E-state index in [9.17, 15) is 22.4 Å². The molecule has 2 aromatic carbocycles. The molecule has 0 fully saturated rings. The molecule has 0 saturated heterocycles. The van der Waals surface area contributed by atoms with Crippen molar-refractivity contribution in [2.24, 2.45) is 0 Å². The lowest BCUT2D eigenvalue weighted by molar-refractivity contribution is -0.142. The van der Waals surface area contributed by atoms with E-state index in [1.807, 2.05) is 0 Å². The second-order valence-corrected chi connectivity index (χ2v) is 8.84. The third-order valence-corrected chi connectivity index (χ3v) is 6.18. The van der Waals surface area contributed by atoms with Crippen LogP contribution in [0.5, 0.6) is 5.75 Å². The molecule has 5 aromatic rings. The number of methoxy groups -OCH3 is 1. The highest BCUT2D eigenvalue weighted by molar-refractivity contribution is 6.04. The quantitative estimate of drug-likeness (QED) is 0.281. The van der Waals surface area contributed by atoms with E-state index in [4.69, 9.17) is 4.74 Å². The Labute approximate surface area is 219 Å². The van der Waals surface area contributed by atoms with Gasteiger partial charge in [0, 0.05) is 11.6 Å². The van der Waals surface area contributed by atoms with Gasteiger partial charge >= 0.3 is 6.18 Å². The molecule has 0 aliphatic carbocycles. The fourth-order valence-corrected chi connectivity index (χ4v) is 4.19. The minimum atomic E-state index is -4.76. The molecule has 0 atom stereocenters. The molecule has 3 heterocycles. The van der Waals surface area contributed by atoms with Gasteiger partial charge < -0.3 is 10.1 Å². The number of carbonyl (C=O) groups excluding carboxylic acids is 1. The third kappa shape index (κ3) is 5.17. The Morgan fingerprint density at radius 3 is 2.46 bits per heavy atom. The Bertz CT molecular complexity index is 1690. The molecule has 3 aromatic heterocycles. The summed E-state index contributed by atoms with van der Waals surface area (Å²) in [7, 11) is 1.45. The first-order chi connectivity index (χ1) is 18.5. The van der Waals surface area contributed by atoms with Crippen LogP contribution < -0.4 is 10.1 Å². The van der Waals surface area contributed by atoms with Gasteiger partial charge in [-0.1, -0.05) is 24.3 Å². The monoisotopic (exact) mass is 538 g/mol. The fraction of sp³-hybridized carbons (Fsp3) is 0.185. The number of hydrogen-bond donors (Lipinski definition) is 1. The van der Waals surface area contributed by atoms with E-state index in [-0.39, 0.29) is 22.9 Å². The summed E-state index contributed by atoms with van der Waals surface area (Å²) in [5.41, 5.74) is 1.31. The summed E-state index contributed by atoms with van der Waals surface area (Å²) in [5.74, 6) is -0.614. The Hall–Kier alpha value is -4.74. The zero-order chi connectivity index (χ0) is 27.9. The van der Waals surface area contributed by atoms with Gasteiger partial charge in [0.2, 0.25) is 0 Å². The number of fused-ring (bicyclic) bond motifs is 1. The highest BCUT2D eigenvalue weighted by atomic mass is 19.4. The smallest absolute Gasteiger partial charge is 0.433 e. The number of hydrogen-bond acceptors (Lipinski definition) is 5. The van der Waals surface area contributed by atoms with Crippen molar-refractivity contribution < 1.29 is 27.1 Å². The SMILES string of the molecule is COc1cccc(-c2cc(C(F)(F)F)n3nc(C(=O)Nc4c(C)nn(Cc5ccc(F)cc5)c4C)cc3n2)c1. The number of anilines is 1. The number of rotatable bonds is 6. The number of carbonyl (C=O) groups is 1. The summed E-state index contributed by atoms with van der Waals surface area (Å²) in [5, 5.41) is 11.1. The van der Waals surface area contributed by atoms with E-state index < -0.39 is 17.8 Å². The lowest BCUT2D eigenvalue weighted by Crippen LogP contribution is -2.16. The highest BCUT2D eigenvalue weighted by Gasteiger charge is 2.36. The lowest BCUT2D eigenvalue weighted by Gasteiger charge is -2.11. The molecule has 1 N–H and O–H groups in total. The molecule has 39 heavy (non-hydrogen) atoms. The molecular weight excluding hydrogens is 516 g/mol. The number of nitrogens with one attached hydrogen (secondary N) is 1. The normalized spacial score (nSPS) is 11.7. The van der Waals surface area contributed by atoms with Crippen LogP contribution >= 0.6 is 0 Å². The number of ether oxygens (including phenoxy) is 1. The average molecular weight is 539 g/mol. The maximum atomic E-state index is 14.0. The van der Waals surface area contributed by atoms with Crippen LogP contribution in [0.25, 0.3) is 16.9 Å². The van der Waals surface area contributed by atoms with Gasteiger partial charge in [0.1, 0.15) is 11.6 Å². The fourth-order valence-electron chi connectivity index (χ4n) is 4.19. The van der Waals surface area contributed by atoms with Gasteiger partial charge in [-0.2, -0.15) is 23.4 Å². The summed E-state index contributed by atoms with van der Waals surface area (Å²) in [4.78, 5) is 17.4. The van der Waals surface area contributed by atoms with Crippen LogP contribution in [0.4, 0.5) is 23.2 Å². The number of aromatic nitrogens is 5. The van der Waals surface area contributed by atoms with Crippen LogP contribution in [0.15, 0.2) is 60.7 Å². The summed E-state index contributed by atoms with van der Waals surface area (Å²) in [6.07, 6.45) is -4.76. The van der Waals surface area contributed by atoms with E-state index in [1.165, 1.54) is 25.3 Å². The largest absolute Gasteiger partial charge is 0.497 e. The molecule has 0 aliphatic rings. The average Bonchev–Trinajstić information content (AvgIpc) is 3.45. The number of alkyl halides is 3. The van der Waals surface area contributed by atoms with Crippen molar-refractivity contribution in [1.82, 2.24) is 24.4 Å². The molecule has 1 amide bonds. The summed E-state index contributed by atoms with van der Waals surface area (Å²) in [6.45, 7) is 3.77. The third-order valence-electron chi connectivity index (χ3n) is 6.18. The number of nitrogens with zero attached hydrogens (tertiary/aromatic N) is 5. The molecule has 0 aliphatic heterocycles. The van der Waals surface area contributed by atoms with E-state index >= 15 is 0 Å². The van der Waals surface area contributed by atoms with Crippen LogP contribution in [0.3, 0.4) is 0 Å². The second kappa shape index (κ2) is 9.86. The lowest BCUT2D eigenvalue weighted by atomic mass is 10.1. The first-order valence-electron chi connectivity index (χ1n) is 11.8. The predicted molar refractivity (Wildman–Crippen MR) is 135 cm³/mol. The van der Waals surface area contributed by atoms with E-state index in [0.717, 1.165) is 11.6 Å². The standard InChI is InChI=1S/C27H22F4N6O2/c1-15-25(16(2)36(34-15)14-17-7-9-19(28)10-8-17)33-26(38)22-13-24-32-21(18-5-4-6-20(11-18)39-3)12-23(27(29,30)31)37(24)35-22/h4-13H,14H2,1-3H3,(H,33,38). The minimum Gasteiger partial charge on any atom is -0.497 e. The topological polar surface area (TPSA) is 86.3 Å². The number of aryl methyl sites for hydroxylation is 1. The Morgan fingerprint density at radius 1 is 1.03 bits per heavy atom. The van der Waals surface area contributed by atoms with Crippen molar-refractivity contribution in [2.75, 3.05) is 12.4 Å². The van der Waals surface area contributed by atoms with Crippen molar-refractivity contribution in [1.29, 1.82) is 0 Å². The van der Waals surface area contributed by atoms with Crippen LogP contribution in [0, 0.1) is 19.7 Å². The maximum absolute atomic E-state index is 14.0. The number of halogens is 4. The van der Waals surface area contributed by atoms with Crippen LogP contribution in [0.1, 0.15) is 33.1 Å². The molecular formula is C27H22F4N6O2. The first kappa shape index (κ1) is 25.9. The van der Waals surface area contributed by atoms with Gasteiger partial charge in [0.25, 0.3) is 5.91 Å².